The summed E-state index contributed by atoms with van der Waals surface area (Å²) in [5.74, 6) is 1.49. The molecule has 0 unspecified atom stereocenters. The average Bonchev–Trinajstić information content (AvgIpc) is 3.02. The summed E-state index contributed by atoms with van der Waals surface area (Å²) in [5.41, 5.74) is 3.20. The summed E-state index contributed by atoms with van der Waals surface area (Å²) in [7, 11) is -3.53. The summed E-state index contributed by atoms with van der Waals surface area (Å²) in [5, 5.41) is 6.77. The molecular weight excluding hydrogens is 410 g/mol. The second-order valence-electron chi connectivity index (χ2n) is 7.29. The Morgan fingerprint density at radius 3 is 2.59 bits per heavy atom. The second-order valence-corrected chi connectivity index (χ2v) is 10.2. The van der Waals surface area contributed by atoms with Crippen LogP contribution < -0.4 is 5.32 Å². The first-order valence-corrected chi connectivity index (χ1v) is 12.3. The number of rotatable bonds is 7. The molecule has 1 amide bonds. The van der Waals surface area contributed by atoms with Crippen molar-refractivity contribution in [3.63, 3.8) is 0 Å². The number of carbonyl (C=O) groups excluding carboxylic acids is 1. The first-order chi connectivity index (χ1) is 13.8. The fourth-order valence-corrected chi connectivity index (χ4v) is 5.81. The van der Waals surface area contributed by atoms with E-state index in [9.17, 15) is 13.2 Å². The zero-order valence-electron chi connectivity index (χ0n) is 17.0. The van der Waals surface area contributed by atoms with Gasteiger partial charge in [0.2, 0.25) is 15.9 Å². The van der Waals surface area contributed by atoms with Crippen molar-refractivity contribution in [2.24, 2.45) is 0 Å². The third kappa shape index (κ3) is 5.21. The van der Waals surface area contributed by atoms with Crippen LogP contribution in [0.3, 0.4) is 0 Å². The fraction of sp³-hybridized carbons (Fsp3) is 0.500. The van der Waals surface area contributed by atoms with Crippen LogP contribution in [0.25, 0.3) is 0 Å². The highest BCUT2D eigenvalue weighted by Crippen LogP contribution is 2.26. The number of hydrogen-bond donors (Lipinski definition) is 1. The lowest BCUT2D eigenvalue weighted by Gasteiger charge is -2.26. The maximum absolute atomic E-state index is 12.9. The number of nitrogens with one attached hydrogen (secondary N) is 1. The van der Waals surface area contributed by atoms with Crippen molar-refractivity contribution in [3.8, 4) is 0 Å². The summed E-state index contributed by atoms with van der Waals surface area (Å²) in [6.07, 6.45) is 2.83. The van der Waals surface area contributed by atoms with Gasteiger partial charge in [0.1, 0.15) is 5.76 Å². The highest BCUT2D eigenvalue weighted by atomic mass is 32.2. The molecular formula is C20H27N3O4S2. The lowest BCUT2D eigenvalue weighted by molar-refractivity contribution is -0.113. The van der Waals surface area contributed by atoms with Crippen LogP contribution in [0.1, 0.15) is 41.8 Å². The number of amides is 1. The van der Waals surface area contributed by atoms with Crippen molar-refractivity contribution < 1.29 is 17.7 Å². The molecule has 1 aliphatic rings. The maximum atomic E-state index is 12.9. The van der Waals surface area contributed by atoms with Crippen LogP contribution in [0.2, 0.25) is 0 Å². The normalized spacial score (nSPS) is 15.4. The SMILES string of the molecule is Cc1ccc(S(=O)(=O)N2CCCCC2)cc1NC(=O)CSCc1c(C)noc1C. The smallest absolute Gasteiger partial charge is 0.243 e. The van der Waals surface area contributed by atoms with Gasteiger partial charge in [-0.2, -0.15) is 4.31 Å². The van der Waals surface area contributed by atoms with E-state index in [0.717, 1.165) is 41.8 Å². The van der Waals surface area contributed by atoms with Gasteiger partial charge in [0, 0.05) is 30.1 Å². The molecule has 29 heavy (non-hydrogen) atoms. The molecule has 0 bridgehead atoms. The summed E-state index contributed by atoms with van der Waals surface area (Å²) in [6.45, 7) is 6.69. The number of sulfonamides is 1. The Labute approximate surface area is 176 Å². The molecule has 0 radical (unpaired) electrons. The Kier molecular flexibility index (Phi) is 7.02. The van der Waals surface area contributed by atoms with Crippen molar-refractivity contribution in [2.75, 3.05) is 24.2 Å². The van der Waals surface area contributed by atoms with Gasteiger partial charge in [-0.05, 0) is 51.3 Å². The van der Waals surface area contributed by atoms with Gasteiger partial charge in [-0.3, -0.25) is 4.79 Å². The van der Waals surface area contributed by atoms with Crippen molar-refractivity contribution >= 4 is 33.4 Å². The predicted octanol–water partition coefficient (Wildman–Crippen LogP) is 3.65. The zero-order chi connectivity index (χ0) is 21.0. The van der Waals surface area contributed by atoms with E-state index in [1.54, 1.807) is 18.2 Å². The number of nitrogens with zero attached hydrogens (tertiary/aromatic N) is 2. The van der Waals surface area contributed by atoms with Crippen molar-refractivity contribution in [3.05, 3.63) is 40.8 Å². The fourth-order valence-electron chi connectivity index (χ4n) is 3.29. The minimum atomic E-state index is -3.53. The molecule has 158 valence electrons. The molecule has 7 nitrogen and oxygen atoms in total. The van der Waals surface area contributed by atoms with E-state index in [1.807, 2.05) is 20.8 Å². The standard InChI is InChI=1S/C20H27N3O4S2/c1-14-7-8-17(29(25,26)23-9-5-4-6-10-23)11-19(14)21-20(24)13-28-12-18-15(2)22-27-16(18)3/h7-8,11H,4-6,9-10,12-13H2,1-3H3,(H,21,24). The molecule has 0 atom stereocenters. The molecule has 0 aliphatic carbocycles. The van der Waals surface area contributed by atoms with Gasteiger partial charge in [-0.25, -0.2) is 8.42 Å². The molecule has 0 spiro atoms. The lowest BCUT2D eigenvalue weighted by Crippen LogP contribution is -2.35. The third-order valence-electron chi connectivity index (χ3n) is 5.10. The van der Waals surface area contributed by atoms with E-state index in [-0.39, 0.29) is 16.6 Å². The van der Waals surface area contributed by atoms with Crippen molar-refractivity contribution in [1.82, 2.24) is 9.46 Å². The Balaban J connectivity index is 1.64. The van der Waals surface area contributed by atoms with Crippen LogP contribution in [0.4, 0.5) is 5.69 Å². The molecule has 1 fully saturated rings. The topological polar surface area (TPSA) is 92.5 Å². The third-order valence-corrected chi connectivity index (χ3v) is 7.95. The molecule has 2 heterocycles. The predicted molar refractivity (Wildman–Crippen MR) is 115 cm³/mol. The van der Waals surface area contributed by atoms with Gasteiger partial charge in [0.05, 0.1) is 16.3 Å². The Morgan fingerprint density at radius 2 is 1.93 bits per heavy atom. The number of aryl methyl sites for hydroxylation is 3. The van der Waals surface area contributed by atoms with Crippen molar-refractivity contribution in [2.45, 2.75) is 50.7 Å². The van der Waals surface area contributed by atoms with E-state index in [0.29, 0.717) is 24.5 Å². The highest BCUT2D eigenvalue weighted by molar-refractivity contribution is 7.99. The largest absolute Gasteiger partial charge is 0.361 e. The van der Waals surface area contributed by atoms with E-state index in [4.69, 9.17) is 4.52 Å². The monoisotopic (exact) mass is 437 g/mol. The van der Waals surface area contributed by atoms with Gasteiger partial charge in [0.25, 0.3) is 0 Å². The summed E-state index contributed by atoms with van der Waals surface area (Å²) in [4.78, 5) is 12.6. The van der Waals surface area contributed by atoms with E-state index >= 15 is 0 Å². The lowest BCUT2D eigenvalue weighted by atomic mass is 10.2. The summed E-state index contributed by atoms with van der Waals surface area (Å²) in [6, 6.07) is 4.92. The van der Waals surface area contributed by atoms with Crippen molar-refractivity contribution in [1.29, 1.82) is 0 Å². The Bertz CT molecular complexity index is 960. The Morgan fingerprint density at radius 1 is 1.21 bits per heavy atom. The first kappa shape index (κ1) is 21.9. The minimum Gasteiger partial charge on any atom is -0.361 e. The molecule has 9 heteroatoms. The quantitative estimate of drug-likeness (QED) is 0.711. The average molecular weight is 438 g/mol. The number of carbonyl (C=O) groups is 1. The van der Waals surface area contributed by atoms with Crippen LogP contribution in [0.15, 0.2) is 27.6 Å². The highest BCUT2D eigenvalue weighted by Gasteiger charge is 2.26. The molecule has 1 N–H and O–H groups in total. The Hall–Kier alpha value is -1.84. The van der Waals surface area contributed by atoms with Crippen LogP contribution in [-0.4, -0.2) is 42.6 Å². The molecule has 1 saturated heterocycles. The number of hydrogen-bond acceptors (Lipinski definition) is 6. The van der Waals surface area contributed by atoms with Gasteiger partial charge in [-0.1, -0.05) is 17.6 Å². The number of benzene rings is 1. The number of aromatic nitrogens is 1. The first-order valence-electron chi connectivity index (χ1n) is 9.69. The van der Waals surface area contributed by atoms with Crippen LogP contribution >= 0.6 is 11.8 Å². The van der Waals surface area contributed by atoms with E-state index in [1.165, 1.54) is 16.1 Å². The van der Waals surface area contributed by atoms with Gasteiger partial charge in [0.15, 0.2) is 0 Å². The van der Waals surface area contributed by atoms with E-state index in [2.05, 4.69) is 10.5 Å². The minimum absolute atomic E-state index is 0.169. The maximum Gasteiger partial charge on any atom is 0.243 e. The molecule has 2 aromatic rings. The number of thioether (sulfide) groups is 1. The molecule has 0 saturated carbocycles. The molecule has 1 aromatic heterocycles. The number of piperidine rings is 1. The van der Waals surface area contributed by atoms with Crippen LogP contribution in [0, 0.1) is 20.8 Å². The number of anilines is 1. The van der Waals surface area contributed by atoms with E-state index < -0.39 is 10.0 Å². The molecule has 1 aliphatic heterocycles. The summed E-state index contributed by atoms with van der Waals surface area (Å²) < 4.78 is 32.5. The van der Waals surface area contributed by atoms with Gasteiger partial charge >= 0.3 is 0 Å². The zero-order valence-corrected chi connectivity index (χ0v) is 18.7. The van der Waals surface area contributed by atoms with Gasteiger partial charge in [-0.15, -0.1) is 11.8 Å². The second kappa shape index (κ2) is 9.32. The molecule has 1 aromatic carbocycles. The molecule has 3 rings (SSSR count). The van der Waals surface area contributed by atoms with Crippen LogP contribution in [0.5, 0.6) is 0 Å². The van der Waals surface area contributed by atoms with Crippen LogP contribution in [-0.2, 0) is 20.6 Å². The van der Waals surface area contributed by atoms with Gasteiger partial charge < -0.3 is 9.84 Å². The summed E-state index contributed by atoms with van der Waals surface area (Å²) >= 11 is 1.47.